The Morgan fingerprint density at radius 2 is 1.83 bits per heavy atom. The van der Waals surface area contributed by atoms with Crippen LogP contribution in [0.5, 0.6) is 0 Å². The van der Waals surface area contributed by atoms with Crippen molar-refractivity contribution in [3.8, 4) is 0 Å². The topological polar surface area (TPSA) is 81.2 Å². The molecule has 190 valence electrons. The highest BCUT2D eigenvalue weighted by Crippen LogP contribution is 2.34. The van der Waals surface area contributed by atoms with E-state index in [2.05, 4.69) is 71.1 Å². The molecular formula is C29H38N6O. The molecule has 7 nitrogen and oxygen atoms in total. The highest BCUT2D eigenvalue weighted by atomic mass is 16.5. The van der Waals surface area contributed by atoms with Gasteiger partial charge in [-0.1, -0.05) is 50.2 Å². The zero-order chi connectivity index (χ0) is 25.1. The Morgan fingerprint density at radius 3 is 2.58 bits per heavy atom. The van der Waals surface area contributed by atoms with Crippen LogP contribution in [0.15, 0.2) is 60.8 Å². The van der Waals surface area contributed by atoms with Crippen molar-refractivity contribution in [2.24, 2.45) is 11.7 Å². The maximum Gasteiger partial charge on any atom is 0.206 e. The number of fused-ring (bicyclic) bond motifs is 2. The number of rotatable bonds is 9. The molecule has 0 bridgehead atoms. The normalized spacial score (nSPS) is 17.1. The van der Waals surface area contributed by atoms with Gasteiger partial charge in [-0.25, -0.2) is 4.98 Å². The summed E-state index contributed by atoms with van der Waals surface area (Å²) in [4.78, 5) is 12.3. The van der Waals surface area contributed by atoms with Crippen LogP contribution in [0, 0.1) is 5.92 Å². The van der Waals surface area contributed by atoms with Gasteiger partial charge in [0.15, 0.2) is 6.23 Å². The minimum atomic E-state index is -0.342. The third-order valence-electron chi connectivity index (χ3n) is 7.43. The van der Waals surface area contributed by atoms with Crippen molar-refractivity contribution in [2.45, 2.75) is 51.9 Å². The number of piperidine rings is 1. The van der Waals surface area contributed by atoms with E-state index in [4.69, 9.17) is 20.4 Å². The average molecular weight is 487 g/mol. The van der Waals surface area contributed by atoms with Crippen molar-refractivity contribution < 1.29 is 4.74 Å². The zero-order valence-electron chi connectivity index (χ0n) is 21.6. The number of nitrogens with zero attached hydrogens (tertiary/aromatic N) is 4. The molecule has 1 aliphatic heterocycles. The first-order chi connectivity index (χ1) is 17.6. The monoisotopic (exact) mass is 486 g/mol. The van der Waals surface area contributed by atoms with E-state index in [1.807, 2.05) is 25.3 Å². The lowest BCUT2D eigenvalue weighted by Gasteiger charge is -2.39. The first kappa shape index (κ1) is 24.7. The summed E-state index contributed by atoms with van der Waals surface area (Å²) in [5.41, 5.74) is 10.1. The Morgan fingerprint density at radius 1 is 1.06 bits per heavy atom. The third kappa shape index (κ3) is 4.83. The van der Waals surface area contributed by atoms with E-state index in [1.165, 1.54) is 0 Å². The number of benzene rings is 2. The Labute approximate surface area is 213 Å². The van der Waals surface area contributed by atoms with Gasteiger partial charge in [-0.05, 0) is 43.9 Å². The summed E-state index contributed by atoms with van der Waals surface area (Å²) in [7, 11) is 0. The van der Waals surface area contributed by atoms with Gasteiger partial charge in [0.05, 0.1) is 16.6 Å². The molecule has 1 aliphatic rings. The number of imidazole rings is 1. The molecule has 3 N–H and O–H groups in total. The van der Waals surface area contributed by atoms with E-state index in [0.717, 1.165) is 59.4 Å². The molecule has 36 heavy (non-hydrogen) atoms. The first-order valence-corrected chi connectivity index (χ1v) is 13.2. The van der Waals surface area contributed by atoms with E-state index < -0.39 is 0 Å². The lowest BCUT2D eigenvalue weighted by molar-refractivity contribution is 0.0459. The van der Waals surface area contributed by atoms with Crippen molar-refractivity contribution in [3.63, 3.8) is 0 Å². The Kier molecular flexibility index (Phi) is 7.51. The molecule has 5 rings (SSSR count). The summed E-state index contributed by atoms with van der Waals surface area (Å²) >= 11 is 0. The minimum Gasteiger partial charge on any atom is -0.354 e. The summed E-state index contributed by atoms with van der Waals surface area (Å²) in [5, 5.41) is 4.90. The molecule has 1 saturated heterocycles. The maximum atomic E-state index is 6.43. The molecule has 0 aliphatic carbocycles. The predicted octanol–water partition coefficient (Wildman–Crippen LogP) is 5.03. The summed E-state index contributed by atoms with van der Waals surface area (Å²) in [6.07, 6.45) is 3.62. The van der Waals surface area contributed by atoms with Crippen LogP contribution >= 0.6 is 0 Å². The largest absolute Gasteiger partial charge is 0.354 e. The lowest BCUT2D eigenvalue weighted by atomic mass is 9.97. The van der Waals surface area contributed by atoms with Crippen LogP contribution in [0.3, 0.4) is 0 Å². The van der Waals surface area contributed by atoms with E-state index in [-0.39, 0.29) is 6.23 Å². The second-order valence-electron chi connectivity index (χ2n) is 10.0. The number of pyridine rings is 1. The van der Waals surface area contributed by atoms with Crippen LogP contribution in [0.25, 0.3) is 21.9 Å². The smallest absolute Gasteiger partial charge is 0.206 e. The number of anilines is 1. The van der Waals surface area contributed by atoms with Crippen molar-refractivity contribution in [1.82, 2.24) is 19.4 Å². The van der Waals surface area contributed by atoms with Gasteiger partial charge in [0.1, 0.15) is 0 Å². The van der Waals surface area contributed by atoms with Crippen LogP contribution < -0.4 is 11.1 Å². The van der Waals surface area contributed by atoms with Gasteiger partial charge in [0, 0.05) is 55.5 Å². The van der Waals surface area contributed by atoms with Gasteiger partial charge >= 0.3 is 0 Å². The van der Waals surface area contributed by atoms with E-state index in [9.17, 15) is 0 Å². The number of hydrogen-bond acceptors (Lipinski definition) is 6. The third-order valence-corrected chi connectivity index (χ3v) is 7.43. The van der Waals surface area contributed by atoms with Gasteiger partial charge in [-0.15, -0.1) is 0 Å². The van der Waals surface area contributed by atoms with Crippen LogP contribution in [0.4, 0.5) is 5.95 Å². The second kappa shape index (κ2) is 10.9. The standard InChI is InChI=1S/C29H38N6O/c1-4-36-28(23-11-7-9-21-10-8-16-31-27(21)23)35-25-13-6-5-12-24(25)33-29(35)32-22-14-17-34(18-15-22)26(19-30)20(2)3/h5-13,16,20,22,26,28H,4,14-15,17-19,30H2,1-3H3,(H,32,33). The van der Waals surface area contributed by atoms with E-state index >= 15 is 0 Å². The Hall–Kier alpha value is -3.00. The average Bonchev–Trinajstić information content (AvgIpc) is 3.26. The highest BCUT2D eigenvalue weighted by Gasteiger charge is 2.29. The predicted molar refractivity (Wildman–Crippen MR) is 147 cm³/mol. The number of hydrogen-bond donors (Lipinski definition) is 2. The molecule has 7 heteroatoms. The molecule has 0 amide bonds. The minimum absolute atomic E-state index is 0.342. The van der Waals surface area contributed by atoms with Gasteiger partial charge in [0.25, 0.3) is 0 Å². The van der Waals surface area contributed by atoms with Gasteiger partial charge in [-0.3, -0.25) is 14.5 Å². The van der Waals surface area contributed by atoms with Crippen molar-refractivity contribution in [3.05, 3.63) is 66.4 Å². The fraction of sp³-hybridized carbons (Fsp3) is 0.448. The molecule has 3 heterocycles. The molecule has 2 atom stereocenters. The number of nitrogens with one attached hydrogen (secondary N) is 1. The molecule has 2 aromatic carbocycles. The van der Waals surface area contributed by atoms with Crippen LogP contribution in [-0.2, 0) is 4.74 Å². The summed E-state index contributed by atoms with van der Waals surface area (Å²) in [6.45, 7) is 9.94. The Balaban J connectivity index is 1.49. The first-order valence-electron chi connectivity index (χ1n) is 13.2. The number of likely N-dealkylation sites (tertiary alicyclic amines) is 1. The zero-order valence-corrected chi connectivity index (χ0v) is 21.6. The SMILES string of the molecule is CCOC(c1cccc2cccnc12)n1c(NC2CCN(C(CN)C(C)C)CC2)nc2ccccc21. The van der Waals surface area contributed by atoms with Gasteiger partial charge in [0.2, 0.25) is 5.95 Å². The van der Waals surface area contributed by atoms with E-state index in [0.29, 0.717) is 31.2 Å². The van der Waals surface area contributed by atoms with Crippen molar-refractivity contribution >= 4 is 27.9 Å². The molecule has 1 fully saturated rings. The number of para-hydroxylation sites is 3. The van der Waals surface area contributed by atoms with Gasteiger partial charge < -0.3 is 15.8 Å². The van der Waals surface area contributed by atoms with Crippen molar-refractivity contribution in [2.75, 3.05) is 31.6 Å². The van der Waals surface area contributed by atoms with Crippen LogP contribution in [0.2, 0.25) is 0 Å². The molecule has 2 aromatic heterocycles. The second-order valence-corrected chi connectivity index (χ2v) is 10.0. The molecular weight excluding hydrogens is 448 g/mol. The lowest BCUT2D eigenvalue weighted by Crippen LogP contribution is -2.49. The van der Waals surface area contributed by atoms with Crippen molar-refractivity contribution in [1.29, 1.82) is 0 Å². The van der Waals surface area contributed by atoms with Crippen LogP contribution in [-0.4, -0.2) is 57.8 Å². The van der Waals surface area contributed by atoms with Crippen LogP contribution in [0.1, 0.15) is 45.4 Å². The fourth-order valence-corrected chi connectivity index (χ4v) is 5.57. The highest BCUT2D eigenvalue weighted by molar-refractivity contribution is 5.83. The molecule has 0 saturated carbocycles. The van der Waals surface area contributed by atoms with Gasteiger partial charge in [-0.2, -0.15) is 0 Å². The number of ether oxygens (including phenoxy) is 1. The molecule has 2 unspecified atom stereocenters. The molecule has 0 radical (unpaired) electrons. The Bertz CT molecular complexity index is 1290. The van der Waals surface area contributed by atoms with E-state index in [1.54, 1.807) is 0 Å². The number of nitrogens with two attached hydrogens (primary N) is 1. The maximum absolute atomic E-state index is 6.43. The summed E-state index contributed by atoms with van der Waals surface area (Å²) < 4.78 is 8.64. The molecule has 0 spiro atoms. The molecule has 4 aromatic rings. The summed E-state index contributed by atoms with van der Waals surface area (Å²) in [5.74, 6) is 1.41. The fourth-order valence-electron chi connectivity index (χ4n) is 5.57. The quantitative estimate of drug-likeness (QED) is 0.345. The number of aromatic nitrogens is 3. The summed E-state index contributed by atoms with van der Waals surface area (Å²) in [6, 6.07) is 19.4.